The molecular formula is C22H26N2O3. The topological polar surface area (TPSA) is 44.8 Å². The number of ether oxygens (including phenoxy) is 2. The van der Waals surface area contributed by atoms with Crippen molar-refractivity contribution in [1.82, 2.24) is 4.57 Å². The van der Waals surface area contributed by atoms with Crippen LogP contribution in [0.3, 0.4) is 0 Å². The number of carbonyl (C=O) groups excluding carboxylic acids is 1. The maximum absolute atomic E-state index is 12.6. The number of hydrogen-bond donors (Lipinski definition) is 0. The first-order valence-electron chi connectivity index (χ1n) is 9.63. The van der Waals surface area contributed by atoms with E-state index in [4.69, 9.17) is 16.0 Å². The molecular weight excluding hydrogens is 340 g/mol. The molecule has 1 heterocycles. The van der Waals surface area contributed by atoms with Crippen LogP contribution in [0.2, 0.25) is 0 Å². The third kappa shape index (κ3) is 3.71. The summed E-state index contributed by atoms with van der Waals surface area (Å²) in [5.41, 5.74) is 3.28. The molecule has 27 heavy (non-hydrogen) atoms. The van der Waals surface area contributed by atoms with Crippen LogP contribution in [-0.4, -0.2) is 23.2 Å². The average Bonchev–Trinajstić information content (AvgIpc) is 3.27. The van der Waals surface area contributed by atoms with Gasteiger partial charge in [0.15, 0.2) is 0 Å². The van der Waals surface area contributed by atoms with Crippen molar-refractivity contribution in [2.75, 3.05) is 6.61 Å². The fraction of sp³-hybridized carbons (Fsp3) is 0.455. The molecule has 1 aromatic carbocycles. The van der Waals surface area contributed by atoms with E-state index in [1.807, 2.05) is 38.2 Å². The van der Waals surface area contributed by atoms with Gasteiger partial charge in [-0.2, -0.15) is 0 Å². The maximum Gasteiger partial charge on any atom is 0.354 e. The van der Waals surface area contributed by atoms with Crippen molar-refractivity contribution >= 4 is 11.7 Å². The lowest BCUT2D eigenvalue weighted by molar-refractivity contribution is 0.0516. The zero-order valence-electron chi connectivity index (χ0n) is 16.2. The standard InChI is InChI=1S/C22H26N2O3/c1-5-18-20(23-3)19(21(24(18)4)22(25)26-6-2)15-11-13-17(14-12-15)27-16-9-7-8-10-16/h11-14,16H,5-10H2,1-2,4H3. The first-order chi connectivity index (χ1) is 13.1. The Balaban J connectivity index is 2.01. The summed E-state index contributed by atoms with van der Waals surface area (Å²) in [6, 6.07) is 7.71. The normalized spacial score (nSPS) is 14.1. The largest absolute Gasteiger partial charge is 0.490 e. The lowest BCUT2D eigenvalue weighted by Gasteiger charge is -2.13. The van der Waals surface area contributed by atoms with Crippen LogP contribution in [-0.2, 0) is 18.2 Å². The van der Waals surface area contributed by atoms with Gasteiger partial charge < -0.3 is 14.0 Å². The van der Waals surface area contributed by atoms with E-state index < -0.39 is 5.97 Å². The van der Waals surface area contributed by atoms with Gasteiger partial charge >= 0.3 is 5.97 Å². The number of benzene rings is 1. The van der Waals surface area contributed by atoms with Gasteiger partial charge in [-0.25, -0.2) is 9.64 Å². The molecule has 5 nitrogen and oxygen atoms in total. The van der Waals surface area contributed by atoms with Gasteiger partial charge in [-0.15, -0.1) is 0 Å². The quantitative estimate of drug-likeness (QED) is 0.514. The van der Waals surface area contributed by atoms with E-state index in [1.54, 1.807) is 11.5 Å². The Kier molecular flexibility index (Phi) is 5.85. The van der Waals surface area contributed by atoms with Gasteiger partial charge in [-0.05, 0) is 56.7 Å². The molecule has 2 aromatic rings. The molecule has 0 saturated heterocycles. The van der Waals surface area contributed by atoms with Crippen LogP contribution < -0.4 is 4.74 Å². The monoisotopic (exact) mass is 366 g/mol. The molecule has 0 N–H and O–H groups in total. The zero-order valence-corrected chi connectivity index (χ0v) is 16.2. The van der Waals surface area contributed by atoms with Crippen molar-refractivity contribution in [3.63, 3.8) is 0 Å². The third-order valence-corrected chi connectivity index (χ3v) is 5.15. The van der Waals surface area contributed by atoms with Gasteiger partial charge in [0.2, 0.25) is 5.69 Å². The Morgan fingerprint density at radius 3 is 2.44 bits per heavy atom. The summed E-state index contributed by atoms with van der Waals surface area (Å²) in [5.74, 6) is 0.435. The van der Waals surface area contributed by atoms with Crippen molar-refractivity contribution in [2.45, 2.75) is 52.1 Å². The summed E-state index contributed by atoms with van der Waals surface area (Å²) in [4.78, 5) is 16.3. The number of hydrogen-bond acceptors (Lipinski definition) is 3. The van der Waals surface area contributed by atoms with Gasteiger partial charge in [0.1, 0.15) is 11.4 Å². The smallest absolute Gasteiger partial charge is 0.354 e. The van der Waals surface area contributed by atoms with E-state index in [-0.39, 0.29) is 0 Å². The summed E-state index contributed by atoms with van der Waals surface area (Å²) < 4.78 is 13.1. The molecule has 1 saturated carbocycles. The molecule has 0 radical (unpaired) electrons. The van der Waals surface area contributed by atoms with Gasteiger partial charge in [-0.1, -0.05) is 19.1 Å². The van der Waals surface area contributed by atoms with E-state index in [9.17, 15) is 4.79 Å². The third-order valence-electron chi connectivity index (χ3n) is 5.15. The molecule has 0 spiro atoms. The lowest BCUT2D eigenvalue weighted by atomic mass is 10.0. The van der Waals surface area contributed by atoms with E-state index in [2.05, 4.69) is 4.85 Å². The molecule has 0 atom stereocenters. The predicted octanol–water partition coefficient (Wildman–Crippen LogP) is 5.30. The lowest BCUT2D eigenvalue weighted by Crippen LogP contribution is -2.12. The van der Waals surface area contributed by atoms with Crippen molar-refractivity contribution in [3.8, 4) is 16.9 Å². The second-order valence-electron chi connectivity index (χ2n) is 6.81. The zero-order chi connectivity index (χ0) is 19.4. The molecule has 5 heteroatoms. The molecule has 0 amide bonds. The predicted molar refractivity (Wildman–Crippen MR) is 105 cm³/mol. The van der Waals surface area contributed by atoms with E-state index in [1.165, 1.54) is 12.8 Å². The highest BCUT2D eigenvalue weighted by molar-refractivity contribution is 6.01. The van der Waals surface area contributed by atoms with Crippen LogP contribution in [0.5, 0.6) is 5.75 Å². The Morgan fingerprint density at radius 2 is 1.89 bits per heavy atom. The molecule has 0 unspecified atom stereocenters. The Labute approximate surface area is 160 Å². The average molecular weight is 366 g/mol. The van der Waals surface area contributed by atoms with Gasteiger partial charge in [0.25, 0.3) is 0 Å². The highest BCUT2D eigenvalue weighted by atomic mass is 16.5. The first-order valence-corrected chi connectivity index (χ1v) is 9.63. The van der Waals surface area contributed by atoms with Crippen LogP contribution in [0.25, 0.3) is 16.0 Å². The molecule has 3 rings (SSSR count). The number of nitrogens with zero attached hydrogens (tertiary/aromatic N) is 2. The SMILES string of the molecule is [C-]#[N+]c1c(-c2ccc(OC3CCCC3)cc2)c(C(=O)OCC)n(C)c1CC. The molecule has 1 aromatic heterocycles. The number of esters is 1. The molecule has 0 aliphatic heterocycles. The number of aromatic nitrogens is 1. The van der Waals surface area contributed by atoms with Crippen LogP contribution >= 0.6 is 0 Å². The van der Waals surface area contributed by atoms with E-state index in [0.717, 1.165) is 29.8 Å². The highest BCUT2D eigenvalue weighted by Gasteiger charge is 2.27. The van der Waals surface area contributed by atoms with Crippen LogP contribution in [0.1, 0.15) is 55.7 Å². The summed E-state index contributed by atoms with van der Waals surface area (Å²) in [5, 5.41) is 0. The molecule has 0 bridgehead atoms. The van der Waals surface area contributed by atoms with Crippen molar-refractivity contribution < 1.29 is 14.3 Å². The van der Waals surface area contributed by atoms with Gasteiger partial charge in [0.05, 0.1) is 19.3 Å². The van der Waals surface area contributed by atoms with Gasteiger partial charge in [-0.3, -0.25) is 0 Å². The van der Waals surface area contributed by atoms with Crippen molar-refractivity contribution in [3.05, 3.63) is 47.1 Å². The Hall–Kier alpha value is -2.74. The Bertz CT molecular complexity index is 853. The van der Waals surface area contributed by atoms with Crippen LogP contribution in [0, 0.1) is 6.57 Å². The minimum atomic E-state index is -0.397. The molecule has 1 aliphatic rings. The van der Waals surface area contributed by atoms with Crippen molar-refractivity contribution in [1.29, 1.82) is 0 Å². The van der Waals surface area contributed by atoms with E-state index >= 15 is 0 Å². The van der Waals surface area contributed by atoms with Crippen molar-refractivity contribution in [2.24, 2.45) is 7.05 Å². The fourth-order valence-electron chi connectivity index (χ4n) is 3.85. The molecule has 1 fully saturated rings. The number of carbonyl (C=O) groups is 1. The van der Waals surface area contributed by atoms with Crippen LogP contribution in [0.15, 0.2) is 24.3 Å². The summed E-state index contributed by atoms with van der Waals surface area (Å²) in [7, 11) is 1.82. The molecule has 142 valence electrons. The van der Waals surface area contributed by atoms with Gasteiger partial charge in [0, 0.05) is 18.3 Å². The second kappa shape index (κ2) is 8.30. The van der Waals surface area contributed by atoms with E-state index in [0.29, 0.717) is 36.1 Å². The summed E-state index contributed by atoms with van der Waals surface area (Å²) in [6.45, 7) is 11.7. The number of rotatable bonds is 6. The summed E-state index contributed by atoms with van der Waals surface area (Å²) in [6.07, 6.45) is 5.63. The second-order valence-corrected chi connectivity index (χ2v) is 6.81. The summed E-state index contributed by atoms with van der Waals surface area (Å²) >= 11 is 0. The maximum atomic E-state index is 12.6. The first kappa shape index (κ1) is 19.0. The fourth-order valence-corrected chi connectivity index (χ4v) is 3.85. The minimum absolute atomic E-state index is 0.298. The highest BCUT2D eigenvalue weighted by Crippen LogP contribution is 2.40. The molecule has 1 aliphatic carbocycles. The Morgan fingerprint density at radius 1 is 1.22 bits per heavy atom. The van der Waals surface area contributed by atoms with Crippen LogP contribution in [0.4, 0.5) is 5.69 Å². The minimum Gasteiger partial charge on any atom is -0.490 e.